The number of carbonyl (C=O) groups is 1. The Balaban J connectivity index is 2.04. The van der Waals surface area contributed by atoms with Crippen molar-refractivity contribution in [3.05, 3.63) is 71.9 Å². The molecule has 0 spiro atoms. The van der Waals surface area contributed by atoms with Gasteiger partial charge in [0.25, 0.3) is 0 Å². The first-order valence-electron chi connectivity index (χ1n) is 7.32. The molecule has 0 saturated carbocycles. The molecule has 0 saturated heterocycles. The maximum absolute atomic E-state index is 12.1. The van der Waals surface area contributed by atoms with Gasteiger partial charge in [0.05, 0.1) is 7.11 Å². The Bertz CT molecular complexity index is 657. The number of hydrogen-bond donors (Lipinski definition) is 1. The molecule has 0 amide bonds. The highest BCUT2D eigenvalue weighted by molar-refractivity contribution is 6.04. The zero-order chi connectivity index (χ0) is 15.9. The highest BCUT2D eigenvalue weighted by Gasteiger charge is 2.05. The van der Waals surface area contributed by atoms with Gasteiger partial charge in [-0.15, -0.1) is 0 Å². The second-order valence-corrected chi connectivity index (χ2v) is 5.31. The molecule has 0 bridgehead atoms. The van der Waals surface area contributed by atoms with Gasteiger partial charge < -0.3 is 10.1 Å². The second-order valence-electron chi connectivity index (χ2n) is 5.31. The van der Waals surface area contributed by atoms with Crippen LogP contribution in [0.5, 0.6) is 5.75 Å². The molecule has 1 N–H and O–H groups in total. The monoisotopic (exact) mass is 295 g/mol. The third-order valence-electron chi connectivity index (χ3n) is 3.43. The fraction of sp³-hybridized carbons (Fsp3) is 0.211. The van der Waals surface area contributed by atoms with Crippen LogP contribution >= 0.6 is 0 Å². The number of hydrogen-bond acceptors (Lipinski definition) is 3. The number of nitrogens with one attached hydrogen (secondary N) is 1. The molecule has 0 heterocycles. The van der Waals surface area contributed by atoms with Gasteiger partial charge in [0.15, 0.2) is 5.78 Å². The highest BCUT2D eigenvalue weighted by atomic mass is 16.5. The summed E-state index contributed by atoms with van der Waals surface area (Å²) in [5, 5.41) is 3.19. The Kier molecular flexibility index (Phi) is 5.37. The van der Waals surface area contributed by atoms with Crippen LogP contribution in [0.1, 0.15) is 35.7 Å². The third-order valence-corrected chi connectivity index (χ3v) is 3.43. The minimum Gasteiger partial charge on any atom is -0.497 e. The van der Waals surface area contributed by atoms with Crippen molar-refractivity contribution < 1.29 is 9.53 Å². The van der Waals surface area contributed by atoms with E-state index in [9.17, 15) is 4.79 Å². The SMILES string of the molecule is COc1ccc(C(=O)C=CNc2ccccc2C(C)C)cc1. The van der Waals surface area contributed by atoms with Crippen molar-refractivity contribution in [2.45, 2.75) is 19.8 Å². The molecule has 0 aromatic heterocycles. The van der Waals surface area contributed by atoms with E-state index in [2.05, 4.69) is 25.2 Å². The summed E-state index contributed by atoms with van der Waals surface area (Å²) < 4.78 is 5.08. The standard InChI is InChI=1S/C19H21NO2/c1-14(2)17-6-4-5-7-18(17)20-13-12-19(21)15-8-10-16(22-3)11-9-15/h4-14,20H,1-3H3. The van der Waals surface area contributed by atoms with E-state index in [0.29, 0.717) is 11.5 Å². The predicted octanol–water partition coefficient (Wildman–Crippen LogP) is 4.63. The average molecular weight is 295 g/mol. The first-order valence-corrected chi connectivity index (χ1v) is 7.32. The van der Waals surface area contributed by atoms with Crippen molar-refractivity contribution in [3.8, 4) is 5.75 Å². The van der Waals surface area contributed by atoms with E-state index in [4.69, 9.17) is 4.74 Å². The summed E-state index contributed by atoms with van der Waals surface area (Å²) in [5.41, 5.74) is 2.89. The van der Waals surface area contributed by atoms with Crippen LogP contribution in [0, 0.1) is 0 Å². The summed E-state index contributed by atoms with van der Waals surface area (Å²) in [4.78, 5) is 12.1. The fourth-order valence-electron chi connectivity index (χ4n) is 2.19. The maximum atomic E-state index is 12.1. The quantitative estimate of drug-likeness (QED) is 0.624. The molecule has 3 heteroatoms. The van der Waals surface area contributed by atoms with Gasteiger partial charge in [0.1, 0.15) is 5.75 Å². The molecule has 2 rings (SSSR count). The molecule has 0 radical (unpaired) electrons. The van der Waals surface area contributed by atoms with E-state index in [1.807, 2.05) is 18.2 Å². The van der Waals surface area contributed by atoms with Crippen molar-refractivity contribution in [2.24, 2.45) is 0 Å². The van der Waals surface area contributed by atoms with Crippen LogP contribution in [0.4, 0.5) is 5.69 Å². The molecule has 0 aliphatic heterocycles. The minimum atomic E-state index is -0.0443. The lowest BCUT2D eigenvalue weighted by molar-refractivity contribution is 0.104. The molecule has 0 aliphatic rings. The van der Waals surface area contributed by atoms with Crippen molar-refractivity contribution in [1.82, 2.24) is 0 Å². The maximum Gasteiger partial charge on any atom is 0.187 e. The van der Waals surface area contributed by atoms with Crippen LogP contribution < -0.4 is 10.1 Å². The largest absolute Gasteiger partial charge is 0.497 e. The number of ketones is 1. The normalized spacial score (nSPS) is 10.9. The molecule has 0 atom stereocenters. The predicted molar refractivity (Wildman–Crippen MR) is 90.6 cm³/mol. The van der Waals surface area contributed by atoms with Crippen molar-refractivity contribution in [1.29, 1.82) is 0 Å². The number of para-hydroxylation sites is 1. The fourth-order valence-corrected chi connectivity index (χ4v) is 2.19. The molecule has 0 aliphatic carbocycles. The third kappa shape index (κ3) is 3.98. The van der Waals surface area contributed by atoms with Crippen molar-refractivity contribution in [3.63, 3.8) is 0 Å². The zero-order valence-electron chi connectivity index (χ0n) is 13.2. The lowest BCUT2D eigenvalue weighted by atomic mass is 10.0. The van der Waals surface area contributed by atoms with E-state index in [-0.39, 0.29) is 5.78 Å². The van der Waals surface area contributed by atoms with E-state index < -0.39 is 0 Å². The molecule has 0 fully saturated rings. The number of methoxy groups -OCH3 is 1. The topological polar surface area (TPSA) is 38.3 Å². The molecule has 114 valence electrons. The summed E-state index contributed by atoms with van der Waals surface area (Å²) in [6.45, 7) is 4.29. The molecule has 2 aromatic rings. The molecule has 3 nitrogen and oxygen atoms in total. The van der Waals surface area contributed by atoms with E-state index in [0.717, 1.165) is 11.4 Å². The average Bonchev–Trinajstić information content (AvgIpc) is 2.55. The van der Waals surface area contributed by atoms with Crippen LogP contribution in [0.3, 0.4) is 0 Å². The van der Waals surface area contributed by atoms with Gasteiger partial charge in [-0.3, -0.25) is 4.79 Å². The van der Waals surface area contributed by atoms with Crippen LogP contribution in [-0.4, -0.2) is 12.9 Å². The lowest BCUT2D eigenvalue weighted by Crippen LogP contribution is -1.99. The second kappa shape index (κ2) is 7.46. The number of ether oxygens (including phenoxy) is 1. The number of benzene rings is 2. The Morgan fingerprint density at radius 1 is 1.09 bits per heavy atom. The Morgan fingerprint density at radius 2 is 1.77 bits per heavy atom. The van der Waals surface area contributed by atoms with Gasteiger partial charge in [0.2, 0.25) is 0 Å². The van der Waals surface area contributed by atoms with Crippen molar-refractivity contribution in [2.75, 3.05) is 12.4 Å². The Morgan fingerprint density at radius 3 is 2.41 bits per heavy atom. The van der Waals surface area contributed by atoms with Crippen molar-refractivity contribution >= 4 is 11.5 Å². The number of allylic oxidation sites excluding steroid dienone is 1. The van der Waals surface area contributed by atoms with Gasteiger partial charge >= 0.3 is 0 Å². The summed E-state index contributed by atoms with van der Waals surface area (Å²) in [6, 6.07) is 15.2. The Labute approximate surface area is 131 Å². The number of anilines is 1. The van der Waals surface area contributed by atoms with E-state index in [1.54, 1.807) is 43.7 Å². The molecule has 0 unspecified atom stereocenters. The van der Waals surface area contributed by atoms with E-state index >= 15 is 0 Å². The summed E-state index contributed by atoms with van der Waals surface area (Å²) in [7, 11) is 1.60. The van der Waals surface area contributed by atoms with Gasteiger partial charge in [-0.25, -0.2) is 0 Å². The minimum absolute atomic E-state index is 0.0443. The van der Waals surface area contributed by atoms with Gasteiger partial charge in [-0.05, 0) is 41.8 Å². The Hall–Kier alpha value is -2.55. The first-order chi connectivity index (χ1) is 10.6. The first kappa shape index (κ1) is 15.8. The van der Waals surface area contributed by atoms with Crippen LogP contribution in [0.15, 0.2) is 60.8 Å². The van der Waals surface area contributed by atoms with Gasteiger partial charge in [0, 0.05) is 23.5 Å². The molecular formula is C19H21NO2. The van der Waals surface area contributed by atoms with Gasteiger partial charge in [-0.1, -0.05) is 32.0 Å². The van der Waals surface area contributed by atoms with Crippen LogP contribution in [0.2, 0.25) is 0 Å². The highest BCUT2D eigenvalue weighted by Crippen LogP contribution is 2.23. The molecule has 22 heavy (non-hydrogen) atoms. The summed E-state index contributed by atoms with van der Waals surface area (Å²) in [6.07, 6.45) is 3.23. The summed E-state index contributed by atoms with van der Waals surface area (Å²) >= 11 is 0. The van der Waals surface area contributed by atoms with Crippen LogP contribution in [0.25, 0.3) is 0 Å². The van der Waals surface area contributed by atoms with Crippen LogP contribution in [-0.2, 0) is 0 Å². The number of carbonyl (C=O) groups excluding carboxylic acids is 1. The number of rotatable bonds is 6. The lowest BCUT2D eigenvalue weighted by Gasteiger charge is -2.11. The zero-order valence-corrected chi connectivity index (χ0v) is 13.2. The van der Waals surface area contributed by atoms with Gasteiger partial charge in [-0.2, -0.15) is 0 Å². The molecular weight excluding hydrogens is 274 g/mol. The smallest absolute Gasteiger partial charge is 0.187 e. The summed E-state index contributed by atoms with van der Waals surface area (Å²) in [5.74, 6) is 1.12. The van der Waals surface area contributed by atoms with E-state index in [1.165, 1.54) is 5.56 Å². The molecule has 2 aromatic carbocycles.